The van der Waals surface area contributed by atoms with Gasteiger partial charge in [-0.3, -0.25) is 0 Å². The van der Waals surface area contributed by atoms with Crippen molar-refractivity contribution in [2.45, 2.75) is 13.0 Å². The highest BCUT2D eigenvalue weighted by atomic mass is 35.5. The molecule has 0 radical (unpaired) electrons. The summed E-state index contributed by atoms with van der Waals surface area (Å²) in [6.07, 6.45) is -2.48. The van der Waals surface area contributed by atoms with Crippen molar-refractivity contribution in [2.75, 3.05) is 5.32 Å². The second-order valence-electron chi connectivity index (χ2n) is 4.21. The summed E-state index contributed by atoms with van der Waals surface area (Å²) < 4.78 is 25.2. The largest absolute Gasteiger partial charge is 0.380 e. The highest BCUT2D eigenvalue weighted by Crippen LogP contribution is 2.24. The third-order valence-corrected chi connectivity index (χ3v) is 3.10. The summed E-state index contributed by atoms with van der Waals surface area (Å²) in [5.74, 6) is 0. The molecule has 2 nitrogen and oxygen atoms in total. The number of benzene rings is 2. The fourth-order valence-corrected chi connectivity index (χ4v) is 2.01. The molecule has 0 aliphatic rings. The van der Waals surface area contributed by atoms with E-state index in [1.807, 2.05) is 6.07 Å². The van der Waals surface area contributed by atoms with Crippen LogP contribution < -0.4 is 5.32 Å². The molecule has 0 unspecified atom stereocenters. The van der Waals surface area contributed by atoms with E-state index in [1.165, 1.54) is 12.1 Å². The zero-order valence-electron chi connectivity index (χ0n) is 10.4. The maximum absolute atomic E-state index is 12.6. The van der Waals surface area contributed by atoms with Crippen LogP contribution in [0.1, 0.15) is 23.1 Å². The minimum atomic E-state index is -2.48. The van der Waals surface area contributed by atoms with Gasteiger partial charge in [0.25, 0.3) is 6.43 Å². The van der Waals surface area contributed by atoms with E-state index in [9.17, 15) is 8.78 Å². The van der Waals surface area contributed by atoms with Gasteiger partial charge >= 0.3 is 0 Å². The van der Waals surface area contributed by atoms with E-state index in [0.717, 1.165) is 5.56 Å². The van der Waals surface area contributed by atoms with Gasteiger partial charge in [0.15, 0.2) is 0 Å². The average Bonchev–Trinajstić information content (AvgIpc) is 2.46. The Morgan fingerprint density at radius 3 is 2.65 bits per heavy atom. The number of rotatable bonds is 4. The molecule has 0 atom stereocenters. The maximum Gasteiger partial charge on any atom is 0.263 e. The Morgan fingerprint density at radius 1 is 1.20 bits per heavy atom. The molecule has 1 N–H and O–H groups in total. The van der Waals surface area contributed by atoms with Gasteiger partial charge in [-0.2, -0.15) is 5.26 Å². The third-order valence-electron chi connectivity index (χ3n) is 2.78. The highest BCUT2D eigenvalue weighted by Gasteiger charge is 2.07. The van der Waals surface area contributed by atoms with Crippen molar-refractivity contribution >= 4 is 17.3 Å². The van der Waals surface area contributed by atoms with E-state index >= 15 is 0 Å². The number of anilines is 1. The molecule has 102 valence electrons. The SMILES string of the molecule is N#Cc1ccc(NCc2cccc(C(F)F)c2)c(Cl)c1. The van der Waals surface area contributed by atoms with Crippen LogP contribution in [0.15, 0.2) is 42.5 Å². The van der Waals surface area contributed by atoms with Crippen LogP contribution in [-0.2, 0) is 6.54 Å². The number of alkyl halides is 2. The van der Waals surface area contributed by atoms with Gasteiger partial charge in [-0.15, -0.1) is 0 Å². The second kappa shape index (κ2) is 6.36. The molecule has 2 rings (SSSR count). The van der Waals surface area contributed by atoms with Crippen LogP contribution in [0.2, 0.25) is 5.02 Å². The first-order valence-corrected chi connectivity index (χ1v) is 6.28. The van der Waals surface area contributed by atoms with Gasteiger partial charge in [-0.05, 0) is 29.8 Å². The number of nitriles is 1. The van der Waals surface area contributed by atoms with E-state index in [1.54, 1.807) is 30.3 Å². The van der Waals surface area contributed by atoms with Crippen molar-refractivity contribution in [3.05, 3.63) is 64.2 Å². The second-order valence-corrected chi connectivity index (χ2v) is 4.61. The molecular weight excluding hydrogens is 282 g/mol. The van der Waals surface area contributed by atoms with E-state index in [2.05, 4.69) is 5.32 Å². The summed E-state index contributed by atoms with van der Waals surface area (Å²) in [6.45, 7) is 0.381. The van der Waals surface area contributed by atoms with Crippen LogP contribution >= 0.6 is 11.6 Å². The zero-order valence-corrected chi connectivity index (χ0v) is 11.2. The van der Waals surface area contributed by atoms with Crippen molar-refractivity contribution in [3.8, 4) is 6.07 Å². The number of nitrogens with one attached hydrogen (secondary N) is 1. The lowest BCUT2D eigenvalue weighted by Crippen LogP contribution is -2.01. The van der Waals surface area contributed by atoms with Crippen molar-refractivity contribution in [1.29, 1.82) is 5.26 Å². The fraction of sp³-hybridized carbons (Fsp3) is 0.133. The normalized spacial score (nSPS) is 10.3. The molecule has 0 spiro atoms. The Morgan fingerprint density at radius 2 is 2.00 bits per heavy atom. The molecule has 0 amide bonds. The van der Waals surface area contributed by atoms with Crippen LogP contribution in [-0.4, -0.2) is 0 Å². The summed E-state index contributed by atoms with van der Waals surface area (Å²) in [7, 11) is 0. The number of halogens is 3. The van der Waals surface area contributed by atoms with Gasteiger partial charge in [-0.25, -0.2) is 8.78 Å². The summed E-state index contributed by atoms with van der Waals surface area (Å²) in [5.41, 5.74) is 1.87. The summed E-state index contributed by atoms with van der Waals surface area (Å²) in [6, 6.07) is 13.1. The van der Waals surface area contributed by atoms with E-state index in [0.29, 0.717) is 22.8 Å². The van der Waals surface area contributed by atoms with E-state index in [4.69, 9.17) is 16.9 Å². The lowest BCUT2D eigenvalue weighted by atomic mass is 10.1. The quantitative estimate of drug-likeness (QED) is 0.882. The van der Waals surface area contributed by atoms with Gasteiger partial charge in [-0.1, -0.05) is 29.8 Å². The average molecular weight is 293 g/mol. The molecule has 2 aromatic carbocycles. The summed E-state index contributed by atoms with van der Waals surface area (Å²) in [5, 5.41) is 12.2. The van der Waals surface area contributed by atoms with Crippen LogP contribution in [0.4, 0.5) is 14.5 Å². The van der Waals surface area contributed by atoms with Gasteiger partial charge in [0, 0.05) is 12.1 Å². The van der Waals surface area contributed by atoms with E-state index in [-0.39, 0.29) is 5.56 Å². The van der Waals surface area contributed by atoms with Gasteiger partial charge in [0.1, 0.15) is 0 Å². The molecule has 0 fully saturated rings. The molecule has 20 heavy (non-hydrogen) atoms. The molecule has 0 saturated heterocycles. The van der Waals surface area contributed by atoms with Crippen LogP contribution in [0.3, 0.4) is 0 Å². The number of hydrogen-bond donors (Lipinski definition) is 1. The molecule has 0 bridgehead atoms. The topological polar surface area (TPSA) is 35.8 Å². The van der Waals surface area contributed by atoms with Gasteiger partial charge in [0.05, 0.1) is 22.3 Å². The third kappa shape index (κ3) is 3.46. The Hall–Kier alpha value is -2.12. The smallest absolute Gasteiger partial charge is 0.263 e. The molecule has 5 heteroatoms. The molecule has 0 aromatic heterocycles. The minimum Gasteiger partial charge on any atom is -0.380 e. The van der Waals surface area contributed by atoms with Crippen molar-refractivity contribution < 1.29 is 8.78 Å². The lowest BCUT2D eigenvalue weighted by Gasteiger charge is -2.09. The maximum atomic E-state index is 12.6. The van der Waals surface area contributed by atoms with Crippen molar-refractivity contribution in [2.24, 2.45) is 0 Å². The number of nitrogens with zero attached hydrogens (tertiary/aromatic N) is 1. The van der Waals surface area contributed by atoms with Crippen molar-refractivity contribution in [1.82, 2.24) is 0 Å². The first kappa shape index (κ1) is 14.3. The molecule has 0 aliphatic carbocycles. The van der Waals surface area contributed by atoms with E-state index < -0.39 is 6.43 Å². The molecule has 0 aliphatic heterocycles. The Labute approximate surface area is 120 Å². The van der Waals surface area contributed by atoms with Crippen LogP contribution in [0.5, 0.6) is 0 Å². The monoisotopic (exact) mass is 292 g/mol. The standard InChI is InChI=1S/C15H11ClF2N2/c16-13-7-10(8-19)4-5-14(13)20-9-11-2-1-3-12(6-11)15(17)18/h1-7,15,20H,9H2. The minimum absolute atomic E-state index is 0.00442. The highest BCUT2D eigenvalue weighted by molar-refractivity contribution is 6.33. The van der Waals surface area contributed by atoms with Crippen LogP contribution in [0.25, 0.3) is 0 Å². The molecule has 2 aromatic rings. The first-order chi connectivity index (χ1) is 9.60. The predicted octanol–water partition coefficient (Wildman–Crippen LogP) is 4.76. The zero-order chi connectivity index (χ0) is 14.5. The summed E-state index contributed by atoms with van der Waals surface area (Å²) in [4.78, 5) is 0. The Bertz CT molecular complexity index is 651. The molecule has 0 saturated carbocycles. The van der Waals surface area contributed by atoms with Gasteiger partial charge in [0.2, 0.25) is 0 Å². The number of hydrogen-bond acceptors (Lipinski definition) is 2. The summed E-state index contributed by atoms with van der Waals surface area (Å²) >= 11 is 6.02. The van der Waals surface area contributed by atoms with Crippen LogP contribution in [0, 0.1) is 11.3 Å². The molecule has 0 heterocycles. The van der Waals surface area contributed by atoms with Gasteiger partial charge < -0.3 is 5.32 Å². The Kier molecular flexibility index (Phi) is 4.54. The lowest BCUT2D eigenvalue weighted by molar-refractivity contribution is 0.151. The first-order valence-electron chi connectivity index (χ1n) is 5.90. The predicted molar refractivity (Wildman–Crippen MR) is 74.9 cm³/mol. The Balaban J connectivity index is 2.09. The molecular formula is C15H11ClF2N2. The fourth-order valence-electron chi connectivity index (χ4n) is 1.76. The van der Waals surface area contributed by atoms with Crippen molar-refractivity contribution in [3.63, 3.8) is 0 Å².